The average Bonchev–Trinajstić information content (AvgIpc) is 2.60. The second kappa shape index (κ2) is 8.73. The number of nitriles is 1. The van der Waals surface area contributed by atoms with E-state index in [0.29, 0.717) is 17.7 Å². The van der Waals surface area contributed by atoms with Gasteiger partial charge in [-0.25, -0.2) is 0 Å². The third-order valence-corrected chi connectivity index (χ3v) is 3.22. The molecule has 2 aromatic carbocycles. The highest BCUT2D eigenvalue weighted by molar-refractivity contribution is 5.60. The van der Waals surface area contributed by atoms with Gasteiger partial charge >= 0.3 is 6.18 Å². The summed E-state index contributed by atoms with van der Waals surface area (Å²) in [7, 11) is 0. The topological polar surface area (TPSA) is 54.6 Å². The van der Waals surface area contributed by atoms with Gasteiger partial charge in [-0.1, -0.05) is 29.4 Å². The molecule has 0 unspecified atom stereocenters. The van der Waals surface area contributed by atoms with Crippen molar-refractivity contribution < 1.29 is 22.7 Å². The molecule has 0 radical (unpaired) electrons. The van der Waals surface area contributed by atoms with Crippen LogP contribution >= 0.6 is 0 Å². The second-order valence-electron chi connectivity index (χ2n) is 5.05. The van der Waals surface area contributed by atoms with Crippen molar-refractivity contribution in [2.45, 2.75) is 19.2 Å². The monoisotopic (exact) mass is 348 g/mol. The van der Waals surface area contributed by atoms with Crippen molar-refractivity contribution in [1.82, 2.24) is 0 Å². The minimum atomic E-state index is -4.34. The lowest BCUT2D eigenvalue weighted by Gasteiger charge is -2.07. The maximum absolute atomic E-state index is 12.4. The van der Waals surface area contributed by atoms with Crippen molar-refractivity contribution in [2.24, 2.45) is 5.16 Å². The van der Waals surface area contributed by atoms with Crippen LogP contribution in [0.3, 0.4) is 0 Å². The molecule has 0 aliphatic rings. The third kappa shape index (κ3) is 6.18. The first kappa shape index (κ1) is 18.3. The summed E-state index contributed by atoms with van der Waals surface area (Å²) in [5.74, 6) is 0.612. The van der Waals surface area contributed by atoms with Crippen LogP contribution in [0, 0.1) is 11.3 Å². The molecular formula is C18H15F3N2O2. The normalized spacial score (nSPS) is 11.3. The molecule has 0 bridgehead atoms. The largest absolute Gasteiger partial charge is 0.479 e. The Morgan fingerprint density at radius 1 is 1.00 bits per heavy atom. The molecule has 0 amide bonds. The Balaban J connectivity index is 1.75. The molecular weight excluding hydrogens is 333 g/mol. The van der Waals surface area contributed by atoms with E-state index in [0.717, 1.165) is 17.7 Å². The van der Waals surface area contributed by atoms with Crippen molar-refractivity contribution >= 4 is 6.21 Å². The van der Waals surface area contributed by atoms with Crippen LogP contribution in [0.4, 0.5) is 13.2 Å². The summed E-state index contributed by atoms with van der Waals surface area (Å²) in [6.07, 6.45) is -2.24. The number of benzene rings is 2. The van der Waals surface area contributed by atoms with E-state index in [1.807, 2.05) is 18.2 Å². The van der Waals surface area contributed by atoms with E-state index in [4.69, 9.17) is 14.8 Å². The molecule has 0 saturated heterocycles. The van der Waals surface area contributed by atoms with Gasteiger partial charge in [-0.3, -0.25) is 0 Å². The summed E-state index contributed by atoms with van der Waals surface area (Å²) in [6, 6.07) is 13.8. The van der Waals surface area contributed by atoms with Crippen LogP contribution in [-0.2, 0) is 24.0 Å². The Kier molecular flexibility index (Phi) is 6.40. The van der Waals surface area contributed by atoms with Gasteiger partial charge in [0.2, 0.25) is 0 Å². The summed E-state index contributed by atoms with van der Waals surface area (Å²) in [6.45, 7) is 0.0914. The zero-order chi connectivity index (χ0) is 18.1. The van der Waals surface area contributed by atoms with E-state index < -0.39 is 11.7 Å². The first-order chi connectivity index (χ1) is 12.0. The first-order valence-corrected chi connectivity index (χ1v) is 7.37. The Labute approximate surface area is 143 Å². The number of halogens is 3. The van der Waals surface area contributed by atoms with Gasteiger partial charge in [0.05, 0.1) is 5.56 Å². The fraction of sp³-hybridized carbons (Fsp3) is 0.222. The Bertz CT molecular complexity index is 733. The summed E-state index contributed by atoms with van der Waals surface area (Å²) in [4.78, 5) is 5.07. The van der Waals surface area contributed by atoms with Crippen molar-refractivity contribution in [3.8, 4) is 11.8 Å². The van der Waals surface area contributed by atoms with Gasteiger partial charge in [0.1, 0.15) is 18.4 Å². The average molecular weight is 348 g/mol. The lowest BCUT2D eigenvalue weighted by Crippen LogP contribution is -2.04. The summed E-state index contributed by atoms with van der Waals surface area (Å²) in [5.41, 5.74) is 0.886. The van der Waals surface area contributed by atoms with Gasteiger partial charge in [0.25, 0.3) is 0 Å². The summed E-state index contributed by atoms with van der Waals surface area (Å²) in [5, 5.41) is 12.2. The summed E-state index contributed by atoms with van der Waals surface area (Å²) < 4.78 is 42.5. The van der Waals surface area contributed by atoms with Crippen LogP contribution in [-0.4, -0.2) is 12.8 Å². The van der Waals surface area contributed by atoms with Gasteiger partial charge < -0.3 is 9.57 Å². The first-order valence-electron chi connectivity index (χ1n) is 7.37. The summed E-state index contributed by atoms with van der Waals surface area (Å²) >= 11 is 0. The molecule has 0 aliphatic carbocycles. The molecule has 130 valence electrons. The minimum Gasteiger partial charge on any atom is -0.479 e. The van der Waals surface area contributed by atoms with Crippen LogP contribution in [0.25, 0.3) is 0 Å². The lowest BCUT2D eigenvalue weighted by molar-refractivity contribution is -0.137. The second-order valence-corrected chi connectivity index (χ2v) is 5.05. The van der Waals surface area contributed by atoms with E-state index in [1.165, 1.54) is 12.1 Å². The highest BCUT2D eigenvalue weighted by Gasteiger charge is 2.29. The maximum Gasteiger partial charge on any atom is 0.416 e. The number of hydrogen-bond acceptors (Lipinski definition) is 4. The fourth-order valence-electron chi connectivity index (χ4n) is 1.93. The molecule has 25 heavy (non-hydrogen) atoms. The molecule has 0 fully saturated rings. The van der Waals surface area contributed by atoms with Gasteiger partial charge in [0.15, 0.2) is 6.61 Å². The van der Waals surface area contributed by atoms with E-state index >= 15 is 0 Å². The molecule has 0 heterocycles. The molecule has 0 aromatic heterocycles. The number of hydrogen-bond donors (Lipinski definition) is 0. The van der Waals surface area contributed by atoms with Crippen LogP contribution in [0.15, 0.2) is 53.7 Å². The lowest BCUT2D eigenvalue weighted by atomic mass is 10.1. The molecule has 0 saturated carbocycles. The Morgan fingerprint density at radius 2 is 1.64 bits per heavy atom. The number of rotatable bonds is 7. The zero-order valence-corrected chi connectivity index (χ0v) is 13.2. The van der Waals surface area contributed by atoms with Crippen molar-refractivity contribution in [3.05, 3.63) is 65.2 Å². The Hall–Kier alpha value is -3.01. The predicted molar refractivity (Wildman–Crippen MR) is 86.0 cm³/mol. The Morgan fingerprint density at radius 3 is 2.24 bits per heavy atom. The third-order valence-electron chi connectivity index (χ3n) is 3.22. The van der Waals surface area contributed by atoms with E-state index in [1.54, 1.807) is 18.3 Å². The van der Waals surface area contributed by atoms with Gasteiger partial charge in [0, 0.05) is 12.6 Å². The zero-order valence-electron chi connectivity index (χ0n) is 13.2. The highest BCUT2D eigenvalue weighted by Crippen LogP contribution is 2.29. The molecule has 7 heteroatoms. The fourth-order valence-corrected chi connectivity index (χ4v) is 1.93. The molecule has 2 rings (SSSR count). The number of oxime groups is 1. The molecule has 0 aliphatic heterocycles. The van der Waals surface area contributed by atoms with E-state index in [-0.39, 0.29) is 13.2 Å². The highest BCUT2D eigenvalue weighted by atomic mass is 19.4. The van der Waals surface area contributed by atoms with Crippen LogP contribution < -0.4 is 4.74 Å². The van der Waals surface area contributed by atoms with Crippen LogP contribution in [0.2, 0.25) is 0 Å². The van der Waals surface area contributed by atoms with Gasteiger partial charge in [-0.2, -0.15) is 18.4 Å². The van der Waals surface area contributed by atoms with Gasteiger partial charge in [-0.05, 0) is 35.4 Å². The minimum absolute atomic E-state index is 0.00139. The number of nitrogens with zero attached hydrogens (tertiary/aromatic N) is 2. The van der Waals surface area contributed by atoms with Crippen molar-refractivity contribution in [3.63, 3.8) is 0 Å². The maximum atomic E-state index is 12.4. The number of alkyl halides is 3. The SMILES string of the molecule is N#CCOc1ccc(CC=NOCc2ccc(C(F)(F)F)cc2)cc1. The van der Waals surface area contributed by atoms with E-state index in [2.05, 4.69) is 5.16 Å². The number of ether oxygens (including phenoxy) is 1. The van der Waals surface area contributed by atoms with Gasteiger partial charge in [-0.15, -0.1) is 0 Å². The smallest absolute Gasteiger partial charge is 0.416 e. The predicted octanol–water partition coefficient (Wildman–Crippen LogP) is 4.35. The molecule has 2 aromatic rings. The quantitative estimate of drug-likeness (QED) is 0.552. The van der Waals surface area contributed by atoms with E-state index in [9.17, 15) is 13.2 Å². The van der Waals surface area contributed by atoms with Crippen molar-refractivity contribution in [2.75, 3.05) is 6.61 Å². The molecule has 0 atom stereocenters. The molecule has 4 nitrogen and oxygen atoms in total. The van der Waals surface area contributed by atoms with Crippen LogP contribution in [0.5, 0.6) is 5.75 Å². The molecule has 0 spiro atoms. The van der Waals surface area contributed by atoms with Crippen molar-refractivity contribution in [1.29, 1.82) is 5.26 Å². The standard InChI is InChI=1S/C18H15F3N2O2/c19-18(20,21)16-5-1-15(2-6-16)13-25-23-11-9-14-3-7-17(8-4-14)24-12-10-22/h1-8,11H,9,12-13H2. The van der Waals surface area contributed by atoms with Crippen LogP contribution in [0.1, 0.15) is 16.7 Å². The molecule has 0 N–H and O–H groups in total.